The summed E-state index contributed by atoms with van der Waals surface area (Å²) in [6, 6.07) is 7.04. The number of nitrogens with one attached hydrogen (secondary N) is 1. The van der Waals surface area contributed by atoms with Gasteiger partial charge in [-0.3, -0.25) is 0 Å². The van der Waals surface area contributed by atoms with Crippen LogP contribution in [0.2, 0.25) is 5.02 Å². The van der Waals surface area contributed by atoms with Crippen LogP contribution in [-0.4, -0.2) is 0 Å². The standard InChI is InChI=1S/C13H11ClF2N2/c1-7-4-11(17)13(14)12(5-7)18-8-2-3-9(15)10(16)6-8/h2-6,18H,17H2,1H3. The van der Waals surface area contributed by atoms with Crippen molar-refractivity contribution in [2.24, 2.45) is 0 Å². The average Bonchev–Trinajstić information content (AvgIpc) is 2.30. The summed E-state index contributed by atoms with van der Waals surface area (Å²) in [5.74, 6) is -1.81. The Morgan fingerprint density at radius 2 is 1.83 bits per heavy atom. The Labute approximate surface area is 108 Å². The number of halogens is 3. The molecule has 0 radical (unpaired) electrons. The molecule has 2 nitrogen and oxygen atoms in total. The van der Waals surface area contributed by atoms with E-state index in [4.69, 9.17) is 17.3 Å². The number of nitrogen functional groups attached to an aromatic ring is 1. The fourth-order valence-electron chi connectivity index (χ4n) is 1.62. The number of hydrogen-bond acceptors (Lipinski definition) is 2. The van der Waals surface area contributed by atoms with Crippen LogP contribution in [0.25, 0.3) is 0 Å². The minimum atomic E-state index is -0.920. The van der Waals surface area contributed by atoms with Crippen LogP contribution < -0.4 is 11.1 Å². The fourth-order valence-corrected chi connectivity index (χ4v) is 1.77. The van der Waals surface area contributed by atoms with E-state index in [1.807, 2.05) is 6.92 Å². The molecule has 18 heavy (non-hydrogen) atoms. The third-order valence-corrected chi connectivity index (χ3v) is 2.87. The van der Waals surface area contributed by atoms with E-state index in [-0.39, 0.29) is 0 Å². The third-order valence-electron chi connectivity index (χ3n) is 2.44. The molecule has 0 heterocycles. The monoisotopic (exact) mass is 268 g/mol. The Hall–Kier alpha value is -1.81. The van der Waals surface area contributed by atoms with Crippen LogP contribution in [0.3, 0.4) is 0 Å². The van der Waals surface area contributed by atoms with Gasteiger partial charge in [0, 0.05) is 11.8 Å². The maximum absolute atomic E-state index is 13.1. The number of rotatable bonds is 2. The summed E-state index contributed by atoms with van der Waals surface area (Å²) in [5.41, 5.74) is 8.03. The molecule has 2 aromatic carbocycles. The molecule has 0 amide bonds. The lowest BCUT2D eigenvalue weighted by atomic mass is 10.2. The Bertz CT molecular complexity index is 600. The van der Waals surface area contributed by atoms with Gasteiger partial charge in [0.15, 0.2) is 11.6 Å². The Balaban J connectivity index is 2.36. The molecule has 0 aliphatic rings. The summed E-state index contributed by atoms with van der Waals surface area (Å²) in [5, 5.41) is 3.26. The lowest BCUT2D eigenvalue weighted by Crippen LogP contribution is -1.97. The molecule has 0 unspecified atom stereocenters. The molecule has 0 aliphatic heterocycles. The van der Waals surface area contributed by atoms with E-state index < -0.39 is 11.6 Å². The Kier molecular flexibility index (Phi) is 3.39. The highest BCUT2D eigenvalue weighted by Gasteiger charge is 2.07. The summed E-state index contributed by atoms with van der Waals surface area (Å²) in [4.78, 5) is 0. The molecule has 5 heteroatoms. The first kappa shape index (κ1) is 12.6. The van der Waals surface area contributed by atoms with E-state index in [9.17, 15) is 8.78 Å². The number of hydrogen-bond donors (Lipinski definition) is 2. The van der Waals surface area contributed by atoms with Crippen LogP contribution in [-0.2, 0) is 0 Å². The number of benzene rings is 2. The summed E-state index contributed by atoms with van der Waals surface area (Å²) in [7, 11) is 0. The van der Waals surface area contributed by atoms with E-state index in [1.54, 1.807) is 12.1 Å². The minimum absolute atomic E-state index is 0.352. The summed E-state index contributed by atoms with van der Waals surface area (Å²) >= 11 is 6.03. The van der Waals surface area contributed by atoms with Gasteiger partial charge < -0.3 is 11.1 Å². The predicted molar refractivity (Wildman–Crippen MR) is 70.2 cm³/mol. The van der Waals surface area contributed by atoms with Gasteiger partial charge in [0.25, 0.3) is 0 Å². The van der Waals surface area contributed by atoms with Gasteiger partial charge in [0.05, 0.1) is 16.4 Å². The van der Waals surface area contributed by atoms with Gasteiger partial charge >= 0.3 is 0 Å². The maximum atomic E-state index is 13.1. The molecular weight excluding hydrogens is 258 g/mol. The minimum Gasteiger partial charge on any atom is -0.397 e. The van der Waals surface area contributed by atoms with Crippen molar-refractivity contribution in [3.63, 3.8) is 0 Å². The van der Waals surface area contributed by atoms with Gasteiger partial charge in [-0.05, 0) is 36.8 Å². The van der Waals surface area contributed by atoms with Crippen molar-refractivity contribution in [2.45, 2.75) is 6.92 Å². The first-order chi connectivity index (χ1) is 8.47. The zero-order valence-corrected chi connectivity index (χ0v) is 10.4. The van der Waals surface area contributed by atoms with Crippen LogP contribution in [0.15, 0.2) is 30.3 Å². The van der Waals surface area contributed by atoms with Crippen molar-refractivity contribution in [3.8, 4) is 0 Å². The van der Waals surface area contributed by atoms with Gasteiger partial charge in [0.1, 0.15) is 0 Å². The molecule has 2 aromatic rings. The zero-order valence-electron chi connectivity index (χ0n) is 9.60. The van der Waals surface area contributed by atoms with Crippen LogP contribution in [0.1, 0.15) is 5.56 Å². The molecule has 0 atom stereocenters. The van der Waals surface area contributed by atoms with Crippen molar-refractivity contribution in [1.82, 2.24) is 0 Å². The van der Waals surface area contributed by atoms with Gasteiger partial charge in [-0.25, -0.2) is 8.78 Å². The van der Waals surface area contributed by atoms with Crippen molar-refractivity contribution in [3.05, 3.63) is 52.6 Å². The molecule has 0 aliphatic carbocycles. The summed E-state index contributed by atoms with van der Waals surface area (Å²) in [6.07, 6.45) is 0. The average molecular weight is 269 g/mol. The predicted octanol–water partition coefficient (Wildman–Crippen LogP) is 4.25. The molecule has 2 rings (SSSR count). The van der Waals surface area contributed by atoms with Crippen molar-refractivity contribution < 1.29 is 8.78 Å². The van der Waals surface area contributed by atoms with Gasteiger partial charge in [-0.2, -0.15) is 0 Å². The molecule has 0 aromatic heterocycles. The first-order valence-electron chi connectivity index (χ1n) is 5.25. The molecule has 0 bridgehead atoms. The van der Waals surface area contributed by atoms with Crippen molar-refractivity contribution in [1.29, 1.82) is 0 Å². The van der Waals surface area contributed by atoms with E-state index in [0.717, 1.165) is 17.7 Å². The van der Waals surface area contributed by atoms with Gasteiger partial charge in [-0.1, -0.05) is 11.6 Å². The van der Waals surface area contributed by atoms with E-state index in [2.05, 4.69) is 5.32 Å². The van der Waals surface area contributed by atoms with E-state index in [1.165, 1.54) is 6.07 Å². The maximum Gasteiger partial charge on any atom is 0.160 e. The van der Waals surface area contributed by atoms with Crippen LogP contribution in [0.4, 0.5) is 25.8 Å². The second-order valence-electron chi connectivity index (χ2n) is 3.97. The van der Waals surface area contributed by atoms with Crippen LogP contribution in [0.5, 0.6) is 0 Å². The number of aryl methyl sites for hydroxylation is 1. The lowest BCUT2D eigenvalue weighted by Gasteiger charge is -2.11. The topological polar surface area (TPSA) is 38.0 Å². The quantitative estimate of drug-likeness (QED) is 0.799. The van der Waals surface area contributed by atoms with E-state index in [0.29, 0.717) is 22.1 Å². The van der Waals surface area contributed by atoms with Gasteiger partial charge in [0.2, 0.25) is 0 Å². The summed E-state index contributed by atoms with van der Waals surface area (Å²) < 4.78 is 25.9. The molecule has 0 saturated carbocycles. The van der Waals surface area contributed by atoms with E-state index >= 15 is 0 Å². The first-order valence-corrected chi connectivity index (χ1v) is 5.63. The molecule has 94 valence electrons. The molecular formula is C13H11ClF2N2. The summed E-state index contributed by atoms with van der Waals surface area (Å²) in [6.45, 7) is 1.86. The largest absolute Gasteiger partial charge is 0.397 e. The Morgan fingerprint density at radius 3 is 2.50 bits per heavy atom. The lowest BCUT2D eigenvalue weighted by molar-refractivity contribution is 0.509. The zero-order chi connectivity index (χ0) is 13.3. The smallest absolute Gasteiger partial charge is 0.160 e. The third kappa shape index (κ3) is 2.54. The van der Waals surface area contributed by atoms with Crippen molar-refractivity contribution in [2.75, 3.05) is 11.1 Å². The van der Waals surface area contributed by atoms with Gasteiger partial charge in [-0.15, -0.1) is 0 Å². The highest BCUT2D eigenvalue weighted by atomic mass is 35.5. The van der Waals surface area contributed by atoms with Crippen LogP contribution >= 0.6 is 11.6 Å². The molecule has 0 saturated heterocycles. The SMILES string of the molecule is Cc1cc(N)c(Cl)c(Nc2ccc(F)c(F)c2)c1. The number of nitrogens with two attached hydrogens (primary N) is 1. The second kappa shape index (κ2) is 4.82. The second-order valence-corrected chi connectivity index (χ2v) is 4.35. The number of anilines is 3. The molecule has 3 N–H and O–H groups in total. The highest BCUT2D eigenvalue weighted by molar-refractivity contribution is 6.35. The fraction of sp³-hybridized carbons (Fsp3) is 0.0769. The van der Waals surface area contributed by atoms with Crippen LogP contribution in [0, 0.1) is 18.6 Å². The van der Waals surface area contributed by atoms with Crippen molar-refractivity contribution >= 4 is 28.7 Å². The Morgan fingerprint density at radius 1 is 1.11 bits per heavy atom. The highest BCUT2D eigenvalue weighted by Crippen LogP contribution is 2.32. The normalized spacial score (nSPS) is 10.4. The molecule has 0 spiro atoms. The molecule has 0 fully saturated rings.